The molecule has 0 aliphatic carbocycles. The van der Waals surface area contributed by atoms with E-state index < -0.39 is 0 Å². The molecule has 3 heteroatoms. The van der Waals surface area contributed by atoms with Crippen molar-refractivity contribution < 1.29 is 4.74 Å². The van der Waals surface area contributed by atoms with Crippen LogP contribution in [-0.2, 0) is 0 Å². The summed E-state index contributed by atoms with van der Waals surface area (Å²) in [6, 6.07) is 3.77. The zero-order valence-corrected chi connectivity index (χ0v) is 7.00. The average Bonchev–Trinajstić information content (AvgIpc) is 2.42. The topological polar surface area (TPSA) is 61.3 Å². The summed E-state index contributed by atoms with van der Waals surface area (Å²) in [7, 11) is 0. The zero-order valence-electron chi connectivity index (χ0n) is 7.00. The lowest BCUT2D eigenvalue weighted by atomic mass is 10.0. The van der Waals surface area contributed by atoms with Crippen molar-refractivity contribution in [2.75, 3.05) is 12.3 Å². The molecule has 0 spiro atoms. The smallest absolute Gasteiger partial charge is 0.129 e. The fourth-order valence-electron chi connectivity index (χ4n) is 1.55. The number of ether oxygens (including phenoxy) is 1. The molecular formula is C9H12N2O. The van der Waals surface area contributed by atoms with Crippen LogP contribution in [0, 0.1) is 6.92 Å². The van der Waals surface area contributed by atoms with Crippen LogP contribution >= 0.6 is 0 Å². The van der Waals surface area contributed by atoms with Crippen molar-refractivity contribution in [1.29, 1.82) is 0 Å². The van der Waals surface area contributed by atoms with Crippen molar-refractivity contribution in [2.45, 2.75) is 13.0 Å². The quantitative estimate of drug-likeness (QED) is 0.562. The van der Waals surface area contributed by atoms with E-state index in [2.05, 4.69) is 0 Å². The van der Waals surface area contributed by atoms with Crippen LogP contribution in [0.1, 0.15) is 17.2 Å². The van der Waals surface area contributed by atoms with E-state index in [0.717, 1.165) is 22.6 Å². The summed E-state index contributed by atoms with van der Waals surface area (Å²) in [5.74, 6) is 0.877. The van der Waals surface area contributed by atoms with Gasteiger partial charge < -0.3 is 16.2 Å². The standard InChI is InChI=1S/C9H12N2O/c1-5-2-3-6(10)8-7(11)4-12-9(5)8/h2-3,7H,4,10-11H2,1H3/t7-/m0/s1. The molecule has 3 nitrogen and oxygen atoms in total. The second-order valence-electron chi connectivity index (χ2n) is 3.13. The maximum Gasteiger partial charge on any atom is 0.129 e. The first kappa shape index (κ1) is 7.43. The van der Waals surface area contributed by atoms with Crippen LogP contribution in [0.2, 0.25) is 0 Å². The molecule has 64 valence electrons. The van der Waals surface area contributed by atoms with Gasteiger partial charge in [0.25, 0.3) is 0 Å². The van der Waals surface area contributed by atoms with Crippen LogP contribution in [-0.4, -0.2) is 6.61 Å². The number of hydrogen-bond acceptors (Lipinski definition) is 3. The van der Waals surface area contributed by atoms with Crippen molar-refractivity contribution in [3.05, 3.63) is 23.3 Å². The number of anilines is 1. The van der Waals surface area contributed by atoms with Gasteiger partial charge in [0.15, 0.2) is 0 Å². The van der Waals surface area contributed by atoms with Gasteiger partial charge in [0, 0.05) is 11.3 Å². The Morgan fingerprint density at radius 3 is 2.92 bits per heavy atom. The van der Waals surface area contributed by atoms with Gasteiger partial charge in [-0.3, -0.25) is 0 Å². The predicted molar refractivity (Wildman–Crippen MR) is 48.0 cm³/mol. The molecule has 1 atom stereocenters. The number of aryl methyl sites for hydroxylation is 1. The van der Waals surface area contributed by atoms with E-state index in [9.17, 15) is 0 Å². The Bertz CT molecular complexity index is 323. The number of fused-ring (bicyclic) bond motifs is 1. The van der Waals surface area contributed by atoms with Crippen LogP contribution in [0.5, 0.6) is 5.75 Å². The summed E-state index contributed by atoms with van der Waals surface area (Å²) in [5.41, 5.74) is 14.4. The molecule has 1 aliphatic rings. The third-order valence-corrected chi connectivity index (χ3v) is 2.20. The molecule has 1 heterocycles. The zero-order chi connectivity index (χ0) is 8.72. The van der Waals surface area contributed by atoms with E-state index in [-0.39, 0.29) is 6.04 Å². The van der Waals surface area contributed by atoms with E-state index in [1.165, 1.54) is 0 Å². The molecule has 0 aromatic heterocycles. The van der Waals surface area contributed by atoms with Crippen molar-refractivity contribution in [1.82, 2.24) is 0 Å². The average molecular weight is 164 g/mol. The molecule has 0 amide bonds. The number of benzene rings is 1. The molecule has 0 bridgehead atoms. The third-order valence-electron chi connectivity index (χ3n) is 2.20. The fourth-order valence-corrected chi connectivity index (χ4v) is 1.55. The summed E-state index contributed by atoms with van der Waals surface area (Å²) in [6.07, 6.45) is 0. The highest BCUT2D eigenvalue weighted by atomic mass is 16.5. The van der Waals surface area contributed by atoms with Gasteiger partial charge in [0.05, 0.1) is 6.04 Å². The molecule has 1 aromatic carbocycles. The van der Waals surface area contributed by atoms with Gasteiger partial charge in [0.1, 0.15) is 12.4 Å². The van der Waals surface area contributed by atoms with Gasteiger partial charge in [-0.2, -0.15) is 0 Å². The molecule has 0 saturated heterocycles. The Morgan fingerprint density at radius 2 is 2.25 bits per heavy atom. The minimum absolute atomic E-state index is 0.0556. The first-order valence-electron chi connectivity index (χ1n) is 3.97. The lowest BCUT2D eigenvalue weighted by Gasteiger charge is -2.06. The summed E-state index contributed by atoms with van der Waals surface area (Å²) in [5, 5.41) is 0. The summed E-state index contributed by atoms with van der Waals surface area (Å²) >= 11 is 0. The molecular weight excluding hydrogens is 152 g/mol. The van der Waals surface area contributed by atoms with Crippen molar-refractivity contribution in [3.63, 3.8) is 0 Å². The lowest BCUT2D eigenvalue weighted by molar-refractivity contribution is 0.331. The van der Waals surface area contributed by atoms with Gasteiger partial charge in [0.2, 0.25) is 0 Å². The number of rotatable bonds is 0. The van der Waals surface area contributed by atoms with Gasteiger partial charge >= 0.3 is 0 Å². The molecule has 12 heavy (non-hydrogen) atoms. The largest absolute Gasteiger partial charge is 0.491 e. The Kier molecular flexibility index (Phi) is 1.48. The maximum absolute atomic E-state index is 5.81. The third kappa shape index (κ3) is 0.865. The first-order chi connectivity index (χ1) is 5.70. The molecule has 1 aromatic rings. The van der Waals surface area contributed by atoms with Gasteiger partial charge in [-0.05, 0) is 18.6 Å². The molecule has 2 rings (SSSR count). The van der Waals surface area contributed by atoms with Crippen molar-refractivity contribution in [3.8, 4) is 5.75 Å². The Morgan fingerprint density at radius 1 is 1.50 bits per heavy atom. The first-order valence-corrected chi connectivity index (χ1v) is 3.97. The SMILES string of the molecule is Cc1ccc(N)c2c1OC[C@@H]2N. The highest BCUT2D eigenvalue weighted by Gasteiger charge is 2.24. The minimum Gasteiger partial charge on any atom is -0.491 e. The van der Waals surface area contributed by atoms with Crippen molar-refractivity contribution in [2.24, 2.45) is 5.73 Å². The Hall–Kier alpha value is -1.22. The Labute approximate surface area is 71.3 Å². The summed E-state index contributed by atoms with van der Waals surface area (Å²) in [6.45, 7) is 2.54. The Balaban J connectivity index is 2.64. The number of hydrogen-bond donors (Lipinski definition) is 2. The second-order valence-corrected chi connectivity index (χ2v) is 3.13. The van der Waals surface area contributed by atoms with Crippen molar-refractivity contribution >= 4 is 5.69 Å². The molecule has 0 unspecified atom stereocenters. The molecule has 0 saturated carbocycles. The monoisotopic (exact) mass is 164 g/mol. The van der Waals surface area contributed by atoms with E-state index in [0.29, 0.717) is 6.61 Å². The molecule has 0 fully saturated rings. The predicted octanol–water partition coefficient (Wildman–Crippen LogP) is 0.969. The normalized spacial score (nSPS) is 20.3. The van der Waals surface area contributed by atoms with Gasteiger partial charge in [-0.15, -0.1) is 0 Å². The molecule has 1 aliphatic heterocycles. The van der Waals surface area contributed by atoms with Gasteiger partial charge in [-0.1, -0.05) is 6.07 Å². The highest BCUT2D eigenvalue weighted by molar-refractivity contribution is 5.60. The van der Waals surface area contributed by atoms with Crippen LogP contribution in [0.4, 0.5) is 5.69 Å². The van der Waals surface area contributed by atoms with E-state index >= 15 is 0 Å². The summed E-state index contributed by atoms with van der Waals surface area (Å²) < 4.78 is 5.42. The van der Waals surface area contributed by atoms with Crippen LogP contribution in [0.25, 0.3) is 0 Å². The molecule has 4 N–H and O–H groups in total. The van der Waals surface area contributed by atoms with E-state index in [4.69, 9.17) is 16.2 Å². The van der Waals surface area contributed by atoms with Gasteiger partial charge in [-0.25, -0.2) is 0 Å². The van der Waals surface area contributed by atoms with E-state index in [1.807, 2.05) is 19.1 Å². The van der Waals surface area contributed by atoms with Crippen LogP contribution in [0.3, 0.4) is 0 Å². The number of nitrogens with two attached hydrogens (primary N) is 2. The highest BCUT2D eigenvalue weighted by Crippen LogP contribution is 2.37. The fraction of sp³-hybridized carbons (Fsp3) is 0.333. The molecule has 0 radical (unpaired) electrons. The van der Waals surface area contributed by atoms with Crippen LogP contribution in [0.15, 0.2) is 12.1 Å². The summed E-state index contributed by atoms with van der Waals surface area (Å²) in [4.78, 5) is 0. The number of nitrogen functional groups attached to an aromatic ring is 1. The second kappa shape index (κ2) is 2.38. The lowest BCUT2D eigenvalue weighted by Crippen LogP contribution is -2.12. The maximum atomic E-state index is 5.81. The van der Waals surface area contributed by atoms with E-state index in [1.54, 1.807) is 0 Å². The minimum atomic E-state index is -0.0556. The van der Waals surface area contributed by atoms with Crippen LogP contribution < -0.4 is 16.2 Å².